The Kier molecular flexibility index (Phi) is 3.94. The Hall–Kier alpha value is -2.43. The Morgan fingerprint density at radius 2 is 1.64 bits per heavy atom. The van der Waals surface area contributed by atoms with E-state index in [1.165, 1.54) is 5.56 Å². The topological polar surface area (TPSA) is 34.4 Å². The molecule has 5 heteroatoms. The highest BCUT2D eigenvalue weighted by Crippen LogP contribution is 2.35. The quantitative estimate of drug-likeness (QED) is 0.428. The molecule has 0 unspecified atom stereocenters. The Balaban J connectivity index is 1.99. The van der Waals surface area contributed by atoms with E-state index in [2.05, 4.69) is 38.1 Å². The fourth-order valence-electron chi connectivity index (χ4n) is 3.01. The zero-order valence-electron chi connectivity index (χ0n) is 13.8. The summed E-state index contributed by atoms with van der Waals surface area (Å²) in [5.74, 6) is 0. The van der Waals surface area contributed by atoms with Gasteiger partial charge in [0.1, 0.15) is 11.4 Å². The standard InChI is InChI=1S/C20H15ClN2OS/c1-12-3-5-15(6-4-12)19-13(2)25-20-22-18(17(11-24)23(19)20)14-7-9-16(21)10-8-14/h3-11H,1-2H3. The van der Waals surface area contributed by atoms with Gasteiger partial charge in [-0.15, -0.1) is 11.3 Å². The lowest BCUT2D eigenvalue weighted by atomic mass is 10.1. The summed E-state index contributed by atoms with van der Waals surface area (Å²) in [4.78, 5) is 18.6. The number of aryl methyl sites for hydroxylation is 2. The number of aldehydes is 1. The van der Waals surface area contributed by atoms with Crippen LogP contribution in [0.5, 0.6) is 0 Å². The van der Waals surface area contributed by atoms with Crippen LogP contribution in [0.2, 0.25) is 5.02 Å². The van der Waals surface area contributed by atoms with Crippen molar-refractivity contribution >= 4 is 34.2 Å². The van der Waals surface area contributed by atoms with Crippen molar-refractivity contribution in [2.24, 2.45) is 0 Å². The molecule has 0 atom stereocenters. The average Bonchev–Trinajstić information content (AvgIpc) is 3.11. The molecule has 2 heterocycles. The lowest BCUT2D eigenvalue weighted by molar-refractivity contribution is 0.111. The molecular formula is C20H15ClN2OS. The van der Waals surface area contributed by atoms with Crippen LogP contribution in [0, 0.1) is 13.8 Å². The molecule has 2 aromatic carbocycles. The average molecular weight is 367 g/mol. The largest absolute Gasteiger partial charge is 0.296 e. The Morgan fingerprint density at radius 1 is 1.00 bits per heavy atom. The number of rotatable bonds is 3. The minimum Gasteiger partial charge on any atom is -0.296 e. The lowest BCUT2D eigenvalue weighted by Crippen LogP contribution is -1.95. The van der Waals surface area contributed by atoms with E-state index in [0.717, 1.165) is 32.9 Å². The minimum atomic E-state index is 0.567. The molecule has 0 aliphatic heterocycles. The van der Waals surface area contributed by atoms with Crippen molar-refractivity contribution in [3.05, 3.63) is 69.7 Å². The van der Waals surface area contributed by atoms with E-state index in [0.29, 0.717) is 16.4 Å². The Labute approximate surface area is 154 Å². The third-order valence-corrected chi connectivity index (χ3v) is 5.45. The molecule has 4 rings (SSSR count). The van der Waals surface area contributed by atoms with Gasteiger partial charge in [-0.05, 0) is 31.5 Å². The van der Waals surface area contributed by atoms with E-state index in [-0.39, 0.29) is 0 Å². The highest BCUT2D eigenvalue weighted by molar-refractivity contribution is 7.17. The summed E-state index contributed by atoms with van der Waals surface area (Å²) < 4.78 is 1.96. The van der Waals surface area contributed by atoms with Gasteiger partial charge < -0.3 is 0 Å². The molecule has 0 radical (unpaired) electrons. The van der Waals surface area contributed by atoms with E-state index >= 15 is 0 Å². The summed E-state index contributed by atoms with van der Waals surface area (Å²) in [6, 6.07) is 15.7. The monoisotopic (exact) mass is 366 g/mol. The first kappa shape index (κ1) is 16.1. The third kappa shape index (κ3) is 2.68. The minimum absolute atomic E-state index is 0.567. The maximum atomic E-state index is 11.9. The first-order valence-corrected chi connectivity index (χ1v) is 9.08. The first-order chi connectivity index (χ1) is 12.1. The Morgan fingerprint density at radius 3 is 2.28 bits per heavy atom. The zero-order valence-corrected chi connectivity index (χ0v) is 15.4. The summed E-state index contributed by atoms with van der Waals surface area (Å²) in [7, 11) is 0. The van der Waals surface area contributed by atoms with Gasteiger partial charge in [-0.2, -0.15) is 0 Å². The van der Waals surface area contributed by atoms with Crippen molar-refractivity contribution in [3.8, 4) is 22.5 Å². The number of halogens is 1. The van der Waals surface area contributed by atoms with Gasteiger partial charge in [0.2, 0.25) is 0 Å². The van der Waals surface area contributed by atoms with Crippen LogP contribution in [-0.4, -0.2) is 15.7 Å². The van der Waals surface area contributed by atoms with E-state index < -0.39 is 0 Å². The van der Waals surface area contributed by atoms with Crippen molar-refractivity contribution in [1.29, 1.82) is 0 Å². The number of carbonyl (C=O) groups is 1. The van der Waals surface area contributed by atoms with Crippen LogP contribution in [0.4, 0.5) is 0 Å². The van der Waals surface area contributed by atoms with E-state index in [4.69, 9.17) is 16.6 Å². The maximum absolute atomic E-state index is 11.9. The van der Waals surface area contributed by atoms with Crippen LogP contribution in [0.1, 0.15) is 20.9 Å². The van der Waals surface area contributed by atoms with Crippen LogP contribution >= 0.6 is 22.9 Å². The predicted octanol–water partition coefficient (Wildman–Crippen LogP) is 5.81. The zero-order chi connectivity index (χ0) is 17.6. The van der Waals surface area contributed by atoms with Crippen molar-refractivity contribution in [2.45, 2.75) is 13.8 Å². The molecule has 25 heavy (non-hydrogen) atoms. The van der Waals surface area contributed by atoms with Crippen molar-refractivity contribution in [1.82, 2.24) is 9.38 Å². The molecular weight excluding hydrogens is 352 g/mol. The van der Waals surface area contributed by atoms with Gasteiger partial charge in [-0.1, -0.05) is 53.6 Å². The number of benzene rings is 2. The highest BCUT2D eigenvalue weighted by Gasteiger charge is 2.20. The maximum Gasteiger partial charge on any atom is 0.195 e. The first-order valence-electron chi connectivity index (χ1n) is 7.88. The van der Waals surface area contributed by atoms with Crippen LogP contribution < -0.4 is 0 Å². The van der Waals surface area contributed by atoms with Gasteiger partial charge in [0.15, 0.2) is 11.2 Å². The van der Waals surface area contributed by atoms with Crippen LogP contribution in [-0.2, 0) is 0 Å². The molecule has 0 bridgehead atoms. The molecule has 0 N–H and O–H groups in total. The lowest BCUT2D eigenvalue weighted by Gasteiger charge is -2.05. The molecule has 3 nitrogen and oxygen atoms in total. The second kappa shape index (κ2) is 6.14. The van der Waals surface area contributed by atoms with Crippen molar-refractivity contribution < 1.29 is 4.79 Å². The molecule has 2 aromatic heterocycles. The molecule has 0 aliphatic carbocycles. The molecule has 0 amide bonds. The molecule has 0 aliphatic rings. The summed E-state index contributed by atoms with van der Waals surface area (Å²) in [5, 5.41) is 0.661. The molecule has 0 saturated heterocycles. The molecule has 124 valence electrons. The van der Waals surface area contributed by atoms with Gasteiger partial charge in [-0.25, -0.2) is 4.98 Å². The fourth-order valence-corrected chi connectivity index (χ4v) is 4.14. The fraction of sp³-hybridized carbons (Fsp3) is 0.100. The SMILES string of the molecule is Cc1ccc(-c2c(C)sc3nc(-c4ccc(Cl)cc4)c(C=O)n23)cc1. The molecule has 0 fully saturated rings. The van der Waals surface area contributed by atoms with Crippen molar-refractivity contribution in [2.75, 3.05) is 0 Å². The summed E-state index contributed by atoms with van der Waals surface area (Å²) in [5.41, 5.74) is 5.45. The van der Waals surface area contributed by atoms with E-state index in [9.17, 15) is 4.79 Å². The normalized spacial score (nSPS) is 11.2. The Bertz CT molecular complexity index is 1080. The van der Waals surface area contributed by atoms with Crippen LogP contribution in [0.3, 0.4) is 0 Å². The van der Waals surface area contributed by atoms with Crippen LogP contribution in [0.15, 0.2) is 48.5 Å². The van der Waals surface area contributed by atoms with Gasteiger partial charge in [0, 0.05) is 15.5 Å². The molecule has 0 saturated carbocycles. The second-order valence-corrected chi connectivity index (χ2v) is 7.58. The van der Waals surface area contributed by atoms with E-state index in [1.807, 2.05) is 28.7 Å². The number of imidazole rings is 1. The van der Waals surface area contributed by atoms with Crippen molar-refractivity contribution in [3.63, 3.8) is 0 Å². The second-order valence-electron chi connectivity index (χ2n) is 5.96. The number of hydrogen-bond acceptors (Lipinski definition) is 3. The summed E-state index contributed by atoms with van der Waals surface area (Å²) in [6.45, 7) is 4.12. The van der Waals surface area contributed by atoms with Crippen LogP contribution in [0.25, 0.3) is 27.5 Å². The number of nitrogens with zero attached hydrogens (tertiary/aromatic N) is 2. The number of carbonyl (C=O) groups excluding carboxylic acids is 1. The third-order valence-electron chi connectivity index (χ3n) is 4.24. The van der Waals surface area contributed by atoms with E-state index in [1.54, 1.807) is 11.3 Å². The smallest absolute Gasteiger partial charge is 0.195 e. The number of fused-ring (bicyclic) bond motifs is 1. The summed E-state index contributed by atoms with van der Waals surface area (Å²) in [6.07, 6.45) is 0.883. The van der Waals surface area contributed by atoms with Gasteiger partial charge in [0.05, 0.1) is 5.69 Å². The molecule has 0 spiro atoms. The predicted molar refractivity (Wildman–Crippen MR) is 104 cm³/mol. The number of thiazole rings is 1. The van der Waals surface area contributed by atoms with Gasteiger partial charge in [-0.3, -0.25) is 9.20 Å². The van der Waals surface area contributed by atoms with Gasteiger partial charge in [0.25, 0.3) is 0 Å². The number of hydrogen-bond donors (Lipinski definition) is 0. The molecule has 4 aromatic rings. The highest BCUT2D eigenvalue weighted by atomic mass is 35.5. The number of aromatic nitrogens is 2. The summed E-state index contributed by atoms with van der Waals surface area (Å²) >= 11 is 7.57. The van der Waals surface area contributed by atoms with Gasteiger partial charge >= 0.3 is 0 Å².